The van der Waals surface area contributed by atoms with E-state index in [4.69, 9.17) is 0 Å². The van der Waals surface area contributed by atoms with Crippen molar-refractivity contribution in [2.75, 3.05) is 11.4 Å². The Kier molecular flexibility index (Phi) is 5.66. The second-order valence-electron chi connectivity index (χ2n) is 9.56. The molecule has 1 saturated carbocycles. The number of hydrogen-bond donors (Lipinski definition) is 2. The van der Waals surface area contributed by atoms with Gasteiger partial charge in [-0.05, 0) is 46.6 Å². The minimum atomic E-state index is -3.83. The number of alkyl halides is 2. The fourth-order valence-electron chi connectivity index (χ4n) is 4.37. The lowest BCUT2D eigenvalue weighted by molar-refractivity contribution is 0.150. The van der Waals surface area contributed by atoms with Crippen LogP contribution in [-0.2, 0) is 10.0 Å². The Morgan fingerprint density at radius 2 is 2.00 bits per heavy atom. The van der Waals surface area contributed by atoms with Crippen molar-refractivity contribution in [3.8, 4) is 10.8 Å². The maximum absolute atomic E-state index is 13.3. The Morgan fingerprint density at radius 1 is 1.26 bits per heavy atom. The summed E-state index contributed by atoms with van der Waals surface area (Å²) in [6.07, 6.45) is 1.94. The van der Waals surface area contributed by atoms with Gasteiger partial charge in [-0.3, -0.25) is 4.40 Å². The maximum atomic E-state index is 13.3. The first-order valence-electron chi connectivity index (χ1n) is 11.2. The summed E-state index contributed by atoms with van der Waals surface area (Å²) in [4.78, 5) is 6.70. The van der Waals surface area contributed by atoms with E-state index in [1.165, 1.54) is 6.20 Å². The van der Waals surface area contributed by atoms with Gasteiger partial charge in [-0.15, -0.1) is 10.2 Å². The lowest BCUT2D eigenvalue weighted by atomic mass is 10.0. The molecule has 2 fully saturated rings. The number of pyridine rings is 1. The van der Waals surface area contributed by atoms with Crippen LogP contribution in [0.5, 0.6) is 0 Å². The largest absolute Gasteiger partial charge is 0.364 e. The number of nitrogens with one attached hydrogen (secondary N) is 2. The van der Waals surface area contributed by atoms with Crippen molar-refractivity contribution in [2.45, 2.75) is 75.5 Å². The van der Waals surface area contributed by atoms with Crippen molar-refractivity contribution in [3.05, 3.63) is 23.5 Å². The van der Waals surface area contributed by atoms with E-state index in [2.05, 4.69) is 50.9 Å². The molecule has 1 aliphatic heterocycles. The van der Waals surface area contributed by atoms with E-state index in [9.17, 15) is 17.2 Å². The van der Waals surface area contributed by atoms with Crippen LogP contribution in [0.4, 0.5) is 14.5 Å². The number of piperazine rings is 1. The Labute approximate surface area is 200 Å². The number of nitrogens with zero attached hydrogens (tertiary/aromatic N) is 5. The van der Waals surface area contributed by atoms with Gasteiger partial charge in [0, 0.05) is 36.4 Å². The van der Waals surface area contributed by atoms with Crippen LogP contribution in [0.3, 0.4) is 0 Å². The maximum Gasteiger partial charge on any atom is 0.291 e. The highest BCUT2D eigenvalue weighted by molar-refractivity contribution is 7.89. The van der Waals surface area contributed by atoms with Gasteiger partial charge in [-0.1, -0.05) is 11.3 Å². The smallest absolute Gasteiger partial charge is 0.291 e. The lowest BCUT2D eigenvalue weighted by Crippen LogP contribution is -2.59. The van der Waals surface area contributed by atoms with E-state index >= 15 is 0 Å². The monoisotopic (exact) mass is 511 g/mol. The average Bonchev–Trinajstić information content (AvgIpc) is 3.17. The molecule has 0 amide bonds. The molecule has 3 unspecified atom stereocenters. The van der Waals surface area contributed by atoms with Crippen molar-refractivity contribution in [1.82, 2.24) is 29.6 Å². The number of rotatable bonds is 6. The van der Waals surface area contributed by atoms with Crippen LogP contribution in [0, 0.1) is 0 Å². The second kappa shape index (κ2) is 8.18. The molecule has 1 saturated heterocycles. The van der Waals surface area contributed by atoms with Gasteiger partial charge in [0.2, 0.25) is 10.0 Å². The van der Waals surface area contributed by atoms with E-state index in [1.807, 2.05) is 6.92 Å². The van der Waals surface area contributed by atoms with Crippen molar-refractivity contribution in [1.29, 1.82) is 0 Å². The van der Waals surface area contributed by atoms with Gasteiger partial charge >= 0.3 is 0 Å². The van der Waals surface area contributed by atoms with E-state index in [-0.39, 0.29) is 33.9 Å². The average molecular weight is 512 g/mol. The molecule has 13 heteroatoms. The lowest BCUT2D eigenvalue weighted by Gasteiger charge is -2.43. The summed E-state index contributed by atoms with van der Waals surface area (Å²) in [5.74, 6) is 0.277. The Morgan fingerprint density at radius 3 is 2.65 bits per heavy atom. The van der Waals surface area contributed by atoms with Crippen molar-refractivity contribution in [2.24, 2.45) is 0 Å². The molecule has 184 valence electrons. The Hall–Kier alpha value is -2.22. The molecule has 0 spiro atoms. The highest BCUT2D eigenvalue weighted by Gasteiger charge is 2.42. The molecule has 5 rings (SSSR count). The molecular formula is C21H27F2N7O2S2. The number of fused-ring (bicyclic) bond motifs is 1. The zero-order valence-corrected chi connectivity index (χ0v) is 20.9. The number of halogens is 2. The molecule has 34 heavy (non-hydrogen) atoms. The summed E-state index contributed by atoms with van der Waals surface area (Å²) in [5, 5.41) is 10.8. The predicted molar refractivity (Wildman–Crippen MR) is 126 cm³/mol. The first-order valence-corrected chi connectivity index (χ1v) is 13.5. The van der Waals surface area contributed by atoms with Crippen LogP contribution in [0.1, 0.15) is 52.0 Å². The first kappa shape index (κ1) is 23.5. The minimum absolute atomic E-state index is 0.0807. The van der Waals surface area contributed by atoms with E-state index in [0.29, 0.717) is 17.7 Å². The highest BCUT2D eigenvalue weighted by Crippen LogP contribution is 2.38. The van der Waals surface area contributed by atoms with Crippen LogP contribution in [0.25, 0.3) is 16.3 Å². The Balaban J connectivity index is 1.69. The Bertz CT molecular complexity index is 1340. The fraction of sp³-hybridized carbons (Fsp3) is 0.571. The summed E-state index contributed by atoms with van der Waals surface area (Å²) < 4.78 is 57.4. The third-order valence-electron chi connectivity index (χ3n) is 6.65. The number of anilines is 1. The SMILES string of the molecule is CC1CN(c2cc(S(=O)(=O)NC3(C)CC3)cn3c(-c4nnc(C(F)F)s4)ncc23)C(C)C(C)N1. The first-order chi connectivity index (χ1) is 16.0. The minimum Gasteiger partial charge on any atom is -0.364 e. The van der Waals surface area contributed by atoms with Crippen LogP contribution in [-0.4, -0.2) is 58.2 Å². The van der Waals surface area contributed by atoms with Crippen molar-refractivity contribution < 1.29 is 17.2 Å². The van der Waals surface area contributed by atoms with E-state index in [1.54, 1.807) is 16.7 Å². The van der Waals surface area contributed by atoms with Gasteiger partial charge in [0.15, 0.2) is 15.8 Å². The molecule has 3 aromatic heterocycles. The normalized spacial score (nSPS) is 24.8. The molecule has 3 atom stereocenters. The van der Waals surface area contributed by atoms with Gasteiger partial charge in [-0.2, -0.15) is 0 Å². The van der Waals surface area contributed by atoms with Crippen LogP contribution in [0.2, 0.25) is 0 Å². The van der Waals surface area contributed by atoms with Crippen molar-refractivity contribution in [3.63, 3.8) is 0 Å². The summed E-state index contributed by atoms with van der Waals surface area (Å²) >= 11 is 0.745. The van der Waals surface area contributed by atoms with Gasteiger partial charge in [0.1, 0.15) is 4.90 Å². The summed E-state index contributed by atoms with van der Waals surface area (Å²) in [7, 11) is -3.83. The van der Waals surface area contributed by atoms with Crippen molar-refractivity contribution >= 4 is 32.6 Å². The zero-order valence-electron chi connectivity index (χ0n) is 19.3. The number of aromatic nitrogens is 4. The quantitative estimate of drug-likeness (QED) is 0.524. The third-order valence-corrected chi connectivity index (χ3v) is 9.18. The van der Waals surface area contributed by atoms with E-state index in [0.717, 1.165) is 24.2 Å². The van der Waals surface area contributed by atoms with Crippen LogP contribution < -0.4 is 14.9 Å². The number of sulfonamides is 1. The summed E-state index contributed by atoms with van der Waals surface area (Å²) in [5.41, 5.74) is 0.949. The third kappa shape index (κ3) is 4.18. The number of imidazole rings is 1. The number of hydrogen-bond acceptors (Lipinski definition) is 8. The highest BCUT2D eigenvalue weighted by atomic mass is 32.2. The molecule has 0 radical (unpaired) electrons. The second-order valence-corrected chi connectivity index (χ2v) is 12.3. The molecule has 1 aliphatic carbocycles. The fourth-order valence-corrected chi connectivity index (χ4v) is 6.54. The zero-order chi connectivity index (χ0) is 24.4. The molecule has 9 nitrogen and oxygen atoms in total. The summed E-state index contributed by atoms with van der Waals surface area (Å²) in [6.45, 7) is 8.81. The van der Waals surface area contributed by atoms with E-state index < -0.39 is 27.0 Å². The molecule has 2 aliphatic rings. The van der Waals surface area contributed by atoms with Gasteiger partial charge in [0.05, 0.1) is 17.4 Å². The standard InChI is InChI=1S/C21H27F2N7O2S2/c1-11-9-29(13(3)12(2)25-11)15-7-14(34(31,32)28-21(4)5-6-21)10-30-16(15)8-24-18(30)20-27-26-19(33-20)17(22)23/h7-8,10-13,17,25,28H,5-6,9H2,1-4H3. The van der Waals surface area contributed by atoms with Crippen LogP contribution >= 0.6 is 11.3 Å². The molecule has 0 bridgehead atoms. The molecule has 0 aromatic carbocycles. The molecule has 2 N–H and O–H groups in total. The molecular weight excluding hydrogens is 484 g/mol. The topological polar surface area (TPSA) is 105 Å². The molecule has 4 heterocycles. The van der Waals surface area contributed by atoms with Gasteiger partial charge in [0.25, 0.3) is 6.43 Å². The molecule has 3 aromatic rings. The predicted octanol–water partition coefficient (Wildman–Crippen LogP) is 3.20. The summed E-state index contributed by atoms with van der Waals surface area (Å²) in [6, 6.07) is 2.12. The van der Waals surface area contributed by atoms with Crippen LogP contribution in [0.15, 0.2) is 23.4 Å². The van der Waals surface area contributed by atoms with Gasteiger partial charge in [-0.25, -0.2) is 26.9 Å². The van der Waals surface area contributed by atoms with Gasteiger partial charge < -0.3 is 10.2 Å².